The summed E-state index contributed by atoms with van der Waals surface area (Å²) in [7, 11) is 0. The van der Waals surface area contributed by atoms with Crippen LogP contribution in [0.15, 0.2) is 36.5 Å². The van der Waals surface area contributed by atoms with Gasteiger partial charge in [-0.1, -0.05) is 294 Å². The van der Waals surface area contributed by atoms with E-state index < -0.39 is 12.1 Å². The van der Waals surface area contributed by atoms with E-state index in [2.05, 4.69) is 55.6 Å². The molecule has 0 fully saturated rings. The Morgan fingerprint density at radius 2 is 0.685 bits per heavy atom. The lowest BCUT2D eigenvalue weighted by molar-refractivity contribution is -0.143. The van der Waals surface area contributed by atoms with Crippen molar-refractivity contribution in [1.29, 1.82) is 0 Å². The van der Waals surface area contributed by atoms with Crippen LogP contribution in [0.25, 0.3) is 0 Å². The van der Waals surface area contributed by atoms with Crippen LogP contribution >= 0.6 is 0 Å². The summed E-state index contributed by atoms with van der Waals surface area (Å²) in [6, 6.07) is -0.549. The van der Waals surface area contributed by atoms with Crippen LogP contribution in [0.2, 0.25) is 0 Å². The van der Waals surface area contributed by atoms with Crippen molar-refractivity contribution in [2.75, 3.05) is 13.2 Å². The van der Waals surface area contributed by atoms with Gasteiger partial charge < -0.3 is 20.3 Å². The number of hydrogen-bond acceptors (Lipinski definition) is 5. The monoisotopic (exact) mass is 1030 g/mol. The molecule has 6 nitrogen and oxygen atoms in total. The highest BCUT2D eigenvalue weighted by Crippen LogP contribution is 2.17. The molecule has 0 heterocycles. The molecule has 0 saturated heterocycles. The molecule has 2 atom stereocenters. The molecule has 0 saturated carbocycles. The number of aliphatic hydroxyl groups is 2. The van der Waals surface area contributed by atoms with Gasteiger partial charge in [0.05, 0.1) is 25.4 Å². The minimum atomic E-state index is -0.671. The molecule has 1 amide bonds. The number of rotatable bonds is 61. The summed E-state index contributed by atoms with van der Waals surface area (Å²) in [4.78, 5) is 24.6. The van der Waals surface area contributed by atoms with Crippen molar-refractivity contribution in [2.45, 2.75) is 366 Å². The van der Waals surface area contributed by atoms with Crippen molar-refractivity contribution in [3.8, 4) is 0 Å². The molecule has 0 aliphatic rings. The van der Waals surface area contributed by atoms with Gasteiger partial charge in [-0.15, -0.1) is 0 Å². The molecule has 73 heavy (non-hydrogen) atoms. The van der Waals surface area contributed by atoms with E-state index >= 15 is 0 Å². The molecule has 6 heteroatoms. The average molecular weight is 1030 g/mol. The number of unbranched alkanes of at least 4 members (excludes halogenated alkanes) is 44. The first-order valence-electron chi connectivity index (χ1n) is 32.7. The van der Waals surface area contributed by atoms with E-state index in [1.807, 2.05) is 0 Å². The number of carbonyl (C=O) groups is 2. The number of ether oxygens (including phenoxy) is 1. The van der Waals surface area contributed by atoms with E-state index in [4.69, 9.17) is 4.74 Å². The van der Waals surface area contributed by atoms with Crippen LogP contribution in [0, 0.1) is 0 Å². The highest BCUT2D eigenvalue weighted by molar-refractivity contribution is 5.76. The number of amides is 1. The lowest BCUT2D eigenvalue weighted by atomic mass is 10.0. The molecule has 0 aromatic carbocycles. The average Bonchev–Trinajstić information content (AvgIpc) is 3.39. The van der Waals surface area contributed by atoms with Crippen molar-refractivity contribution in [2.24, 2.45) is 0 Å². The highest BCUT2D eigenvalue weighted by atomic mass is 16.5. The number of esters is 1. The number of nitrogens with one attached hydrogen (secondary N) is 1. The van der Waals surface area contributed by atoms with Crippen LogP contribution in [-0.4, -0.2) is 47.4 Å². The fraction of sp³-hybridized carbons (Fsp3) is 0.881. The Balaban J connectivity index is 3.42. The third-order valence-electron chi connectivity index (χ3n) is 15.2. The maximum Gasteiger partial charge on any atom is 0.305 e. The van der Waals surface area contributed by atoms with E-state index in [1.54, 1.807) is 0 Å². The van der Waals surface area contributed by atoms with Gasteiger partial charge in [0, 0.05) is 12.8 Å². The fourth-order valence-corrected chi connectivity index (χ4v) is 10.1. The SMILES string of the molecule is CCCCCCCC/C=C\CCCCCCCCCCCC(=O)OCCCCCCCCCCC/C=C\C/C=C\CCCCCCCCCC(=O)NC(CO)C(O)CCCCCCCCCCCCCCCC. The maximum atomic E-state index is 12.5. The minimum Gasteiger partial charge on any atom is -0.466 e. The van der Waals surface area contributed by atoms with E-state index in [0.717, 1.165) is 57.8 Å². The van der Waals surface area contributed by atoms with Gasteiger partial charge in [-0.2, -0.15) is 0 Å². The topological polar surface area (TPSA) is 95.9 Å². The molecule has 0 aliphatic carbocycles. The second kappa shape index (κ2) is 62.6. The molecule has 430 valence electrons. The number of allylic oxidation sites excluding steroid dienone is 6. The van der Waals surface area contributed by atoms with Crippen LogP contribution < -0.4 is 5.32 Å². The molecule has 0 aliphatic heterocycles. The smallest absolute Gasteiger partial charge is 0.305 e. The Hall–Kier alpha value is -1.92. The first-order chi connectivity index (χ1) is 36.0. The van der Waals surface area contributed by atoms with Crippen LogP contribution in [-0.2, 0) is 14.3 Å². The number of carbonyl (C=O) groups excluding carboxylic acids is 2. The van der Waals surface area contributed by atoms with E-state index in [9.17, 15) is 19.8 Å². The zero-order chi connectivity index (χ0) is 52.9. The second-order valence-electron chi connectivity index (χ2n) is 22.4. The summed E-state index contributed by atoms with van der Waals surface area (Å²) < 4.78 is 5.50. The first-order valence-corrected chi connectivity index (χ1v) is 32.7. The van der Waals surface area contributed by atoms with Gasteiger partial charge in [-0.05, 0) is 83.5 Å². The van der Waals surface area contributed by atoms with E-state index in [-0.39, 0.29) is 18.5 Å². The molecule has 3 N–H and O–H groups in total. The Morgan fingerprint density at radius 3 is 1.05 bits per heavy atom. The predicted molar refractivity (Wildman–Crippen MR) is 319 cm³/mol. The Morgan fingerprint density at radius 1 is 0.384 bits per heavy atom. The third-order valence-corrected chi connectivity index (χ3v) is 15.2. The quantitative estimate of drug-likeness (QED) is 0.0320. The minimum absolute atomic E-state index is 0.00691. The second-order valence-corrected chi connectivity index (χ2v) is 22.4. The first kappa shape index (κ1) is 71.1. The third kappa shape index (κ3) is 59.2. The van der Waals surface area contributed by atoms with Crippen molar-refractivity contribution >= 4 is 11.9 Å². The Kier molecular flexibility index (Phi) is 61.0. The molecular weight excluding hydrogens is 899 g/mol. The number of aliphatic hydroxyl groups excluding tert-OH is 2. The van der Waals surface area contributed by atoms with Gasteiger partial charge in [0.1, 0.15) is 0 Å². The summed E-state index contributed by atoms with van der Waals surface area (Å²) in [6.45, 7) is 4.96. The van der Waals surface area contributed by atoms with Crippen LogP contribution in [0.3, 0.4) is 0 Å². The summed E-state index contributed by atoms with van der Waals surface area (Å²) in [6.07, 6.45) is 78.8. The Labute approximate surface area is 455 Å². The molecule has 0 radical (unpaired) electrons. The van der Waals surface area contributed by atoms with E-state index in [1.165, 1.54) is 263 Å². The zero-order valence-electron chi connectivity index (χ0n) is 49.1. The van der Waals surface area contributed by atoms with Gasteiger partial charge >= 0.3 is 5.97 Å². The van der Waals surface area contributed by atoms with Gasteiger partial charge in [0.25, 0.3) is 0 Å². The lowest BCUT2D eigenvalue weighted by Crippen LogP contribution is -2.45. The largest absolute Gasteiger partial charge is 0.466 e. The summed E-state index contributed by atoms with van der Waals surface area (Å²) >= 11 is 0. The zero-order valence-corrected chi connectivity index (χ0v) is 49.1. The molecule has 0 bridgehead atoms. The van der Waals surface area contributed by atoms with Gasteiger partial charge in [-0.25, -0.2) is 0 Å². The van der Waals surface area contributed by atoms with Crippen molar-refractivity contribution < 1.29 is 24.5 Å². The van der Waals surface area contributed by atoms with Crippen molar-refractivity contribution in [1.82, 2.24) is 5.32 Å². The van der Waals surface area contributed by atoms with Crippen LogP contribution in [0.5, 0.6) is 0 Å². The number of hydrogen-bond donors (Lipinski definition) is 3. The fourth-order valence-electron chi connectivity index (χ4n) is 10.1. The summed E-state index contributed by atoms with van der Waals surface area (Å²) in [5.41, 5.74) is 0. The van der Waals surface area contributed by atoms with Crippen LogP contribution in [0.1, 0.15) is 354 Å². The van der Waals surface area contributed by atoms with Crippen LogP contribution in [0.4, 0.5) is 0 Å². The van der Waals surface area contributed by atoms with Crippen molar-refractivity contribution in [3.63, 3.8) is 0 Å². The molecular formula is C67H127NO5. The predicted octanol–water partition coefficient (Wildman–Crippen LogP) is 20.8. The molecule has 0 aromatic rings. The van der Waals surface area contributed by atoms with Gasteiger partial charge in [0.2, 0.25) is 5.91 Å². The molecule has 0 rings (SSSR count). The summed E-state index contributed by atoms with van der Waals surface area (Å²) in [5.74, 6) is -0.0373. The molecule has 2 unspecified atom stereocenters. The molecule has 0 aromatic heterocycles. The highest BCUT2D eigenvalue weighted by Gasteiger charge is 2.20. The normalized spacial score (nSPS) is 12.8. The summed E-state index contributed by atoms with van der Waals surface area (Å²) in [5, 5.41) is 23.3. The standard InChI is InChI=1S/C67H127NO5/c1-3-5-7-9-11-13-15-17-19-20-26-30-33-37-41-45-49-53-57-61-67(72)73-62-58-54-50-46-42-38-34-31-28-25-23-21-22-24-27-29-32-36-40-44-48-52-56-60-66(71)68-64(63-69)65(70)59-55-51-47-43-39-35-18-16-14-12-10-8-6-4-2/h17,19,21,23-24,27,64-65,69-70H,3-16,18,20,22,25-26,28-63H2,1-2H3,(H,68,71)/b19-17-,23-21-,27-24-. The Bertz CT molecular complexity index is 1180. The van der Waals surface area contributed by atoms with Gasteiger partial charge in [-0.3, -0.25) is 9.59 Å². The van der Waals surface area contributed by atoms with Gasteiger partial charge in [0.15, 0.2) is 0 Å². The maximum absolute atomic E-state index is 12.5. The van der Waals surface area contributed by atoms with Crippen molar-refractivity contribution in [3.05, 3.63) is 36.5 Å². The van der Waals surface area contributed by atoms with E-state index in [0.29, 0.717) is 25.9 Å². The molecule has 0 spiro atoms. The lowest BCUT2D eigenvalue weighted by Gasteiger charge is -2.22.